The number of hydrogen-bond acceptors (Lipinski definition) is 5. The van der Waals surface area contributed by atoms with Crippen LogP contribution in [0.2, 0.25) is 0 Å². The van der Waals surface area contributed by atoms with Gasteiger partial charge in [0.15, 0.2) is 11.6 Å². The van der Waals surface area contributed by atoms with Crippen LogP contribution in [-0.2, 0) is 0 Å². The van der Waals surface area contributed by atoms with Crippen molar-refractivity contribution in [1.82, 2.24) is 19.5 Å². The Labute approximate surface area is 289 Å². The van der Waals surface area contributed by atoms with Gasteiger partial charge in [-0.1, -0.05) is 115 Å². The van der Waals surface area contributed by atoms with E-state index in [2.05, 4.69) is 113 Å². The fourth-order valence-electron chi connectivity index (χ4n) is 7.50. The van der Waals surface area contributed by atoms with E-state index in [1.807, 2.05) is 66.9 Å². The third kappa shape index (κ3) is 4.57. The fourth-order valence-corrected chi connectivity index (χ4v) is 7.50. The molecule has 2 aliphatic heterocycles. The highest BCUT2D eigenvalue weighted by molar-refractivity contribution is 6.10. The average molecular weight is 643 g/mol. The summed E-state index contributed by atoms with van der Waals surface area (Å²) in [6.07, 6.45) is 6.28. The Morgan fingerprint density at radius 3 is 1.86 bits per heavy atom. The van der Waals surface area contributed by atoms with Gasteiger partial charge in [0.05, 0.1) is 11.0 Å². The molecule has 0 amide bonds. The number of nitrogens with zero attached hydrogens (tertiary/aromatic N) is 6. The van der Waals surface area contributed by atoms with E-state index in [1.165, 1.54) is 16.8 Å². The molecular formula is C44H30N6. The Bertz CT molecular complexity index is 2550. The second-order valence-corrected chi connectivity index (χ2v) is 12.7. The molecule has 2 aromatic heterocycles. The molecule has 6 heteroatoms. The molecule has 10 rings (SSSR count). The highest BCUT2D eigenvalue weighted by Gasteiger charge is 2.38. The maximum Gasteiger partial charge on any atom is 0.238 e. The van der Waals surface area contributed by atoms with Crippen LogP contribution in [0.25, 0.3) is 61.7 Å². The predicted molar refractivity (Wildman–Crippen MR) is 203 cm³/mol. The number of aliphatic imine (C=N–C) groups is 1. The number of allylic oxidation sites excluding steroid dienone is 1. The number of para-hydroxylation sites is 2. The first-order valence-electron chi connectivity index (χ1n) is 16.9. The zero-order valence-electron chi connectivity index (χ0n) is 27.0. The Morgan fingerprint density at radius 1 is 0.500 bits per heavy atom. The third-order valence-corrected chi connectivity index (χ3v) is 9.80. The molecule has 2 aliphatic rings. The van der Waals surface area contributed by atoms with Gasteiger partial charge in [0.1, 0.15) is 6.17 Å². The summed E-state index contributed by atoms with van der Waals surface area (Å²) in [7, 11) is 0. The second kappa shape index (κ2) is 11.5. The van der Waals surface area contributed by atoms with Gasteiger partial charge in [0.25, 0.3) is 0 Å². The first-order valence-corrected chi connectivity index (χ1v) is 16.9. The summed E-state index contributed by atoms with van der Waals surface area (Å²) in [5.74, 6) is 2.05. The first-order chi connectivity index (χ1) is 24.8. The number of anilines is 2. The minimum atomic E-state index is 0.00928. The van der Waals surface area contributed by atoms with Crippen LogP contribution in [0.15, 0.2) is 169 Å². The quantitative estimate of drug-likeness (QED) is 0.187. The van der Waals surface area contributed by atoms with Gasteiger partial charge < -0.3 is 4.90 Å². The topological polar surface area (TPSA) is 59.2 Å². The standard InChI is InChI=1S/C44H30N6/c1-4-13-29(14-5-1)41-46-42(30-15-6-2-7-16-30)48-44(47-41)50-38-21-11-10-19-34(38)36-27-31(23-25-40(36)50)32-22-24-39-37(28-32)35-20-12-26-45-43(35)49(39)33-17-8-3-9-18-33/h1-28,35,43H. The lowest BCUT2D eigenvalue weighted by Gasteiger charge is -2.27. The van der Waals surface area contributed by atoms with Crippen molar-refractivity contribution in [2.75, 3.05) is 4.90 Å². The summed E-state index contributed by atoms with van der Waals surface area (Å²) in [5.41, 5.74) is 9.96. The molecular weight excluding hydrogens is 613 g/mol. The van der Waals surface area contributed by atoms with Gasteiger partial charge in [-0.05, 0) is 65.2 Å². The van der Waals surface area contributed by atoms with Gasteiger partial charge in [-0.25, -0.2) is 4.98 Å². The third-order valence-electron chi connectivity index (χ3n) is 9.80. The summed E-state index contributed by atoms with van der Waals surface area (Å²) in [6, 6.07) is 52.9. The van der Waals surface area contributed by atoms with Crippen LogP contribution in [0.1, 0.15) is 11.5 Å². The van der Waals surface area contributed by atoms with E-state index in [9.17, 15) is 0 Å². The molecule has 2 atom stereocenters. The smallest absolute Gasteiger partial charge is 0.238 e. The molecule has 50 heavy (non-hydrogen) atoms. The van der Waals surface area contributed by atoms with Gasteiger partial charge in [-0.2, -0.15) is 9.97 Å². The molecule has 0 radical (unpaired) electrons. The molecule has 2 unspecified atom stereocenters. The Kier molecular flexibility index (Phi) is 6.52. The molecule has 4 heterocycles. The maximum absolute atomic E-state index is 5.08. The van der Waals surface area contributed by atoms with Crippen molar-refractivity contribution in [2.24, 2.45) is 4.99 Å². The van der Waals surface area contributed by atoms with Gasteiger partial charge in [-0.3, -0.25) is 9.56 Å². The van der Waals surface area contributed by atoms with Crippen molar-refractivity contribution in [3.63, 3.8) is 0 Å². The summed E-state index contributed by atoms with van der Waals surface area (Å²) in [5, 5.41) is 2.29. The van der Waals surface area contributed by atoms with Crippen molar-refractivity contribution in [3.05, 3.63) is 169 Å². The van der Waals surface area contributed by atoms with E-state index in [1.54, 1.807) is 0 Å². The Hall–Kier alpha value is -6.66. The van der Waals surface area contributed by atoms with E-state index < -0.39 is 0 Å². The van der Waals surface area contributed by atoms with E-state index in [-0.39, 0.29) is 12.1 Å². The normalized spacial score (nSPS) is 16.2. The van der Waals surface area contributed by atoms with Crippen LogP contribution in [0.3, 0.4) is 0 Å². The molecule has 0 fully saturated rings. The fraction of sp³-hybridized carbons (Fsp3) is 0.0455. The minimum Gasteiger partial charge on any atom is -0.318 e. The molecule has 0 saturated heterocycles. The lowest BCUT2D eigenvalue weighted by atomic mass is 9.93. The number of fused-ring (bicyclic) bond motifs is 6. The molecule has 6 aromatic carbocycles. The second-order valence-electron chi connectivity index (χ2n) is 12.7. The van der Waals surface area contributed by atoms with Crippen molar-refractivity contribution in [3.8, 4) is 39.9 Å². The summed E-state index contributed by atoms with van der Waals surface area (Å²) < 4.78 is 2.17. The summed E-state index contributed by atoms with van der Waals surface area (Å²) in [6.45, 7) is 0. The van der Waals surface area contributed by atoms with E-state index in [0.717, 1.165) is 44.2 Å². The molecule has 0 spiro atoms. The van der Waals surface area contributed by atoms with Gasteiger partial charge in [-0.15, -0.1) is 0 Å². The van der Waals surface area contributed by atoms with Crippen LogP contribution in [-0.4, -0.2) is 31.9 Å². The van der Waals surface area contributed by atoms with Crippen LogP contribution in [0, 0.1) is 0 Å². The van der Waals surface area contributed by atoms with E-state index in [0.29, 0.717) is 17.6 Å². The Balaban J connectivity index is 1.13. The molecule has 0 aliphatic carbocycles. The zero-order chi connectivity index (χ0) is 33.0. The lowest BCUT2D eigenvalue weighted by Crippen LogP contribution is -2.28. The van der Waals surface area contributed by atoms with Gasteiger partial charge in [0, 0.05) is 45.4 Å². The van der Waals surface area contributed by atoms with Crippen molar-refractivity contribution in [2.45, 2.75) is 12.1 Å². The number of hydrogen-bond donors (Lipinski definition) is 0. The van der Waals surface area contributed by atoms with E-state index in [4.69, 9.17) is 19.9 Å². The minimum absolute atomic E-state index is 0.00928. The Morgan fingerprint density at radius 2 is 1.12 bits per heavy atom. The SMILES string of the molecule is C1=CC2c3cc(-c4ccc5c(c4)c4ccccc4n5-c4nc(-c5ccccc5)nc(-c5ccccc5)n4)ccc3N(c3ccccc3)C2N=C1. The lowest BCUT2D eigenvalue weighted by molar-refractivity contribution is 0.659. The molecule has 0 N–H and O–H groups in total. The zero-order valence-corrected chi connectivity index (χ0v) is 27.0. The molecule has 6 nitrogen and oxygen atoms in total. The number of aromatic nitrogens is 4. The van der Waals surface area contributed by atoms with Crippen LogP contribution < -0.4 is 4.90 Å². The van der Waals surface area contributed by atoms with Crippen LogP contribution >= 0.6 is 0 Å². The first kappa shape index (κ1) is 28.4. The van der Waals surface area contributed by atoms with Crippen molar-refractivity contribution in [1.29, 1.82) is 0 Å². The monoisotopic (exact) mass is 642 g/mol. The molecule has 8 aromatic rings. The van der Waals surface area contributed by atoms with Crippen molar-refractivity contribution >= 4 is 39.4 Å². The number of benzene rings is 6. The summed E-state index contributed by atoms with van der Waals surface area (Å²) in [4.78, 5) is 22.4. The molecule has 236 valence electrons. The maximum atomic E-state index is 5.08. The van der Waals surface area contributed by atoms with E-state index >= 15 is 0 Å². The van der Waals surface area contributed by atoms with Crippen LogP contribution in [0.4, 0.5) is 11.4 Å². The highest BCUT2D eigenvalue weighted by atomic mass is 15.3. The van der Waals surface area contributed by atoms with Gasteiger partial charge >= 0.3 is 0 Å². The molecule has 0 saturated carbocycles. The number of rotatable bonds is 5. The van der Waals surface area contributed by atoms with Crippen molar-refractivity contribution < 1.29 is 0 Å². The average Bonchev–Trinajstić information content (AvgIpc) is 3.71. The largest absolute Gasteiger partial charge is 0.318 e. The molecule has 0 bridgehead atoms. The predicted octanol–water partition coefficient (Wildman–Crippen LogP) is 10.2. The number of dihydropyridines is 1. The van der Waals surface area contributed by atoms with Crippen LogP contribution in [0.5, 0.6) is 0 Å². The highest BCUT2D eigenvalue weighted by Crippen LogP contribution is 2.48. The summed E-state index contributed by atoms with van der Waals surface area (Å²) >= 11 is 0. The van der Waals surface area contributed by atoms with Gasteiger partial charge in [0.2, 0.25) is 5.95 Å².